The highest BCUT2D eigenvalue weighted by Gasteiger charge is 2.33. The van der Waals surface area contributed by atoms with Gasteiger partial charge in [-0.1, -0.05) is 6.92 Å². The van der Waals surface area contributed by atoms with Crippen molar-refractivity contribution >= 4 is 37.5 Å². The van der Waals surface area contributed by atoms with Crippen molar-refractivity contribution in [1.82, 2.24) is 23.7 Å². The summed E-state index contributed by atoms with van der Waals surface area (Å²) in [5, 5.41) is 0.101. The number of carbonyl (C=O) groups excluding carboxylic acids is 1. The number of likely N-dealkylation sites (N-methyl/N-ethyl adjacent to an activating group) is 1. The molecule has 2 saturated heterocycles. The molecule has 0 unspecified atom stereocenters. The molecular formula is C20H29N5O4S2. The van der Waals surface area contributed by atoms with Crippen molar-refractivity contribution in [3.05, 3.63) is 21.6 Å². The first-order valence-corrected chi connectivity index (χ1v) is 12.9. The van der Waals surface area contributed by atoms with E-state index in [9.17, 15) is 18.0 Å². The van der Waals surface area contributed by atoms with Gasteiger partial charge in [-0.25, -0.2) is 13.4 Å². The molecule has 2 aromatic heterocycles. The quantitative estimate of drug-likeness (QED) is 0.665. The number of piperazine rings is 1. The molecule has 0 aliphatic carbocycles. The van der Waals surface area contributed by atoms with Gasteiger partial charge in [0.25, 0.3) is 5.56 Å². The van der Waals surface area contributed by atoms with Crippen LogP contribution < -0.4 is 5.56 Å². The van der Waals surface area contributed by atoms with E-state index in [1.165, 1.54) is 26.5 Å². The fourth-order valence-corrected chi connectivity index (χ4v) is 7.29. The highest BCUT2D eigenvalue weighted by molar-refractivity contribution is 7.89. The van der Waals surface area contributed by atoms with Gasteiger partial charge in [0.05, 0.1) is 11.7 Å². The van der Waals surface area contributed by atoms with Gasteiger partial charge in [-0.2, -0.15) is 4.31 Å². The topological polar surface area (TPSA) is 95.8 Å². The second-order valence-corrected chi connectivity index (χ2v) is 11.7. The molecule has 2 aliphatic heterocycles. The fraction of sp³-hybridized carbons (Fsp3) is 0.650. The van der Waals surface area contributed by atoms with Crippen LogP contribution in [-0.4, -0.2) is 84.3 Å². The Morgan fingerprint density at radius 3 is 2.45 bits per heavy atom. The second-order valence-electron chi connectivity index (χ2n) is 8.62. The van der Waals surface area contributed by atoms with Crippen LogP contribution >= 0.6 is 11.3 Å². The van der Waals surface area contributed by atoms with Gasteiger partial charge in [0, 0.05) is 44.1 Å². The SMILES string of the molecule is Cc1sc2ncn(CC(=O)N3CCC(C)CC3)c(=O)c2c1S(=O)(=O)N1CCN(C)CC1. The first kappa shape index (κ1) is 22.4. The summed E-state index contributed by atoms with van der Waals surface area (Å²) in [5.74, 6) is 0.464. The number of hydrogen-bond donors (Lipinski definition) is 0. The van der Waals surface area contributed by atoms with Gasteiger partial charge in [0.1, 0.15) is 16.3 Å². The number of aromatic nitrogens is 2. The molecule has 2 aromatic rings. The van der Waals surface area contributed by atoms with E-state index in [-0.39, 0.29) is 22.7 Å². The van der Waals surface area contributed by atoms with Crippen LogP contribution in [0, 0.1) is 12.8 Å². The van der Waals surface area contributed by atoms with Crippen molar-refractivity contribution < 1.29 is 13.2 Å². The van der Waals surface area contributed by atoms with Crippen molar-refractivity contribution in [2.24, 2.45) is 5.92 Å². The maximum atomic E-state index is 13.4. The van der Waals surface area contributed by atoms with Crippen LogP contribution in [0.15, 0.2) is 16.0 Å². The summed E-state index contributed by atoms with van der Waals surface area (Å²) in [5.41, 5.74) is -0.472. The van der Waals surface area contributed by atoms with Gasteiger partial charge in [-0.15, -0.1) is 11.3 Å². The van der Waals surface area contributed by atoms with Crippen LogP contribution in [0.1, 0.15) is 24.6 Å². The average Bonchev–Trinajstić information content (AvgIpc) is 3.08. The molecule has 31 heavy (non-hydrogen) atoms. The van der Waals surface area contributed by atoms with Crippen molar-refractivity contribution in [3.63, 3.8) is 0 Å². The molecule has 4 heterocycles. The van der Waals surface area contributed by atoms with E-state index in [0.29, 0.717) is 54.9 Å². The van der Waals surface area contributed by atoms with E-state index in [4.69, 9.17) is 0 Å². The van der Waals surface area contributed by atoms with Crippen molar-refractivity contribution in [1.29, 1.82) is 0 Å². The number of likely N-dealkylation sites (tertiary alicyclic amines) is 1. The lowest BCUT2D eigenvalue weighted by Crippen LogP contribution is -2.47. The summed E-state index contributed by atoms with van der Waals surface area (Å²) >= 11 is 1.20. The van der Waals surface area contributed by atoms with Gasteiger partial charge in [0.15, 0.2) is 0 Å². The van der Waals surface area contributed by atoms with Crippen LogP contribution in [0.3, 0.4) is 0 Å². The zero-order chi connectivity index (χ0) is 22.3. The smallest absolute Gasteiger partial charge is 0.263 e. The third-order valence-corrected chi connectivity index (χ3v) is 9.52. The van der Waals surface area contributed by atoms with Crippen LogP contribution in [-0.2, 0) is 21.4 Å². The number of amides is 1. The average molecular weight is 468 g/mol. The Morgan fingerprint density at radius 2 is 1.81 bits per heavy atom. The molecule has 2 aliphatic rings. The number of piperidine rings is 1. The minimum absolute atomic E-state index is 0.0446. The summed E-state index contributed by atoms with van der Waals surface area (Å²) in [4.78, 5) is 35.2. The molecule has 4 rings (SSSR count). The Morgan fingerprint density at radius 1 is 1.16 bits per heavy atom. The van der Waals surface area contributed by atoms with Crippen LogP contribution in [0.4, 0.5) is 0 Å². The molecule has 0 atom stereocenters. The molecule has 0 aromatic carbocycles. The molecule has 0 spiro atoms. The second kappa shape index (κ2) is 8.61. The van der Waals surface area contributed by atoms with E-state index in [1.807, 2.05) is 7.05 Å². The number of carbonyl (C=O) groups is 1. The first-order chi connectivity index (χ1) is 14.7. The first-order valence-electron chi connectivity index (χ1n) is 10.6. The number of rotatable bonds is 4. The number of fused-ring (bicyclic) bond motifs is 1. The summed E-state index contributed by atoms with van der Waals surface area (Å²) in [6, 6.07) is 0. The lowest BCUT2D eigenvalue weighted by atomic mass is 9.99. The minimum Gasteiger partial charge on any atom is -0.341 e. The predicted octanol–water partition coefficient (Wildman–Crippen LogP) is 0.961. The molecule has 9 nitrogen and oxygen atoms in total. The van der Waals surface area contributed by atoms with E-state index in [0.717, 1.165) is 12.8 Å². The van der Waals surface area contributed by atoms with Crippen molar-refractivity contribution in [3.8, 4) is 0 Å². The lowest BCUT2D eigenvalue weighted by Gasteiger charge is -2.31. The highest BCUT2D eigenvalue weighted by Crippen LogP contribution is 2.33. The van der Waals surface area contributed by atoms with Crippen molar-refractivity contribution in [2.75, 3.05) is 46.3 Å². The summed E-state index contributed by atoms with van der Waals surface area (Å²) in [7, 11) is -1.87. The van der Waals surface area contributed by atoms with E-state index >= 15 is 0 Å². The molecule has 11 heteroatoms. The third-order valence-electron chi connectivity index (χ3n) is 6.30. The third kappa shape index (κ3) is 4.28. The van der Waals surface area contributed by atoms with Gasteiger partial charge in [0.2, 0.25) is 15.9 Å². The Hall–Kier alpha value is -1.82. The lowest BCUT2D eigenvalue weighted by molar-refractivity contribution is -0.133. The molecule has 0 radical (unpaired) electrons. The summed E-state index contributed by atoms with van der Waals surface area (Å²) < 4.78 is 29.5. The number of nitrogens with zero attached hydrogens (tertiary/aromatic N) is 5. The van der Waals surface area contributed by atoms with Gasteiger partial charge in [-0.05, 0) is 32.7 Å². The van der Waals surface area contributed by atoms with Crippen LogP contribution in [0.2, 0.25) is 0 Å². The fourth-order valence-electron chi connectivity index (χ4n) is 4.20. The molecule has 2 fully saturated rings. The predicted molar refractivity (Wildman–Crippen MR) is 120 cm³/mol. The summed E-state index contributed by atoms with van der Waals surface area (Å²) in [6.45, 7) is 7.18. The van der Waals surface area contributed by atoms with Crippen LogP contribution in [0.25, 0.3) is 10.2 Å². The normalized spacial score (nSPS) is 19.9. The zero-order valence-corrected chi connectivity index (χ0v) is 19.8. The molecule has 0 saturated carbocycles. The van der Waals surface area contributed by atoms with E-state index in [1.54, 1.807) is 11.8 Å². The number of thiophene rings is 1. The van der Waals surface area contributed by atoms with Gasteiger partial charge >= 0.3 is 0 Å². The van der Waals surface area contributed by atoms with Gasteiger partial charge in [-0.3, -0.25) is 14.2 Å². The molecular weight excluding hydrogens is 438 g/mol. The summed E-state index contributed by atoms with van der Waals surface area (Å²) in [6.07, 6.45) is 3.27. The maximum absolute atomic E-state index is 13.4. The standard InChI is InChI=1S/C20H29N5O4S2/c1-14-4-6-23(7-5-14)16(26)12-24-13-21-19-17(20(24)27)18(15(2)30-19)31(28,29)25-10-8-22(3)9-11-25/h13-14H,4-12H2,1-3H3. The van der Waals surface area contributed by atoms with E-state index < -0.39 is 15.6 Å². The van der Waals surface area contributed by atoms with Crippen LogP contribution in [0.5, 0.6) is 0 Å². The molecule has 170 valence electrons. The molecule has 0 bridgehead atoms. The highest BCUT2D eigenvalue weighted by atomic mass is 32.2. The van der Waals surface area contributed by atoms with Gasteiger partial charge < -0.3 is 9.80 Å². The number of hydrogen-bond acceptors (Lipinski definition) is 7. The zero-order valence-electron chi connectivity index (χ0n) is 18.2. The largest absolute Gasteiger partial charge is 0.341 e. The minimum atomic E-state index is -3.83. The Labute approximate surface area is 186 Å². The van der Waals surface area contributed by atoms with E-state index in [2.05, 4.69) is 16.8 Å². The Balaban J connectivity index is 1.68. The Kier molecular flexibility index (Phi) is 6.21. The maximum Gasteiger partial charge on any atom is 0.263 e. The molecule has 0 N–H and O–H groups in total. The number of aryl methyl sites for hydroxylation is 1. The van der Waals surface area contributed by atoms with Crippen molar-refractivity contribution in [2.45, 2.75) is 38.1 Å². The molecule has 1 amide bonds. The monoisotopic (exact) mass is 467 g/mol. The Bertz CT molecular complexity index is 1140. The number of sulfonamides is 1.